The van der Waals surface area contributed by atoms with Gasteiger partial charge in [-0.1, -0.05) is 18.2 Å². The summed E-state index contributed by atoms with van der Waals surface area (Å²) in [5.74, 6) is 0.565. The van der Waals surface area contributed by atoms with Crippen molar-refractivity contribution >= 4 is 5.91 Å². The minimum atomic E-state index is -4.41. The zero-order valence-corrected chi connectivity index (χ0v) is 13.5. The van der Waals surface area contributed by atoms with Gasteiger partial charge in [0.25, 0.3) is 0 Å². The van der Waals surface area contributed by atoms with Crippen LogP contribution in [-0.2, 0) is 30.0 Å². The summed E-state index contributed by atoms with van der Waals surface area (Å²) in [5, 5.41) is 0. The molecule has 128 valence electrons. The van der Waals surface area contributed by atoms with E-state index >= 15 is 0 Å². The van der Waals surface area contributed by atoms with Crippen LogP contribution in [0.1, 0.15) is 29.8 Å². The zero-order valence-electron chi connectivity index (χ0n) is 13.5. The molecule has 4 nitrogen and oxygen atoms in total. The van der Waals surface area contributed by atoms with E-state index in [1.165, 1.54) is 11.0 Å². The van der Waals surface area contributed by atoms with Gasteiger partial charge in [0.1, 0.15) is 5.82 Å². The van der Waals surface area contributed by atoms with Gasteiger partial charge in [0.15, 0.2) is 0 Å². The smallest absolute Gasteiger partial charge is 0.338 e. The number of nitrogens with zero attached hydrogens (tertiary/aromatic N) is 3. The summed E-state index contributed by atoms with van der Waals surface area (Å²) in [4.78, 5) is 18.6. The van der Waals surface area contributed by atoms with Crippen molar-refractivity contribution in [2.75, 3.05) is 7.05 Å². The van der Waals surface area contributed by atoms with Gasteiger partial charge in [-0.25, -0.2) is 4.98 Å². The van der Waals surface area contributed by atoms with Crippen molar-refractivity contribution < 1.29 is 18.0 Å². The first-order valence-electron chi connectivity index (χ1n) is 7.63. The summed E-state index contributed by atoms with van der Waals surface area (Å²) < 4.78 is 40.6. The molecule has 1 aliphatic rings. The first-order valence-corrected chi connectivity index (χ1v) is 7.63. The molecule has 24 heavy (non-hydrogen) atoms. The average molecular weight is 337 g/mol. The highest BCUT2D eigenvalue weighted by molar-refractivity contribution is 5.91. The predicted molar refractivity (Wildman–Crippen MR) is 82.0 cm³/mol. The number of imidazole rings is 1. The number of carbonyl (C=O) groups is 1. The highest BCUT2D eigenvalue weighted by Gasteiger charge is 2.53. The van der Waals surface area contributed by atoms with Gasteiger partial charge in [0, 0.05) is 26.5 Å². The molecule has 1 aromatic heterocycles. The monoisotopic (exact) mass is 337 g/mol. The fraction of sp³-hybridized carbons (Fsp3) is 0.412. The second-order valence-electron chi connectivity index (χ2n) is 6.28. The van der Waals surface area contributed by atoms with Crippen molar-refractivity contribution in [3.05, 3.63) is 53.6 Å². The van der Waals surface area contributed by atoms with Gasteiger partial charge in [0.05, 0.1) is 17.5 Å². The van der Waals surface area contributed by atoms with E-state index in [2.05, 4.69) is 4.98 Å². The predicted octanol–water partition coefficient (Wildman–Crippen LogP) is 3.13. The first-order chi connectivity index (χ1) is 11.2. The molecule has 1 heterocycles. The number of halogens is 3. The quantitative estimate of drug-likeness (QED) is 0.860. The molecule has 1 amide bonds. The zero-order chi connectivity index (χ0) is 17.5. The Labute approximate surface area is 137 Å². The maximum absolute atomic E-state index is 12.9. The number of alkyl halides is 3. The number of aryl methyl sites for hydroxylation is 1. The lowest BCUT2D eigenvalue weighted by atomic mass is 9.92. The molecule has 2 aromatic rings. The molecule has 1 aliphatic carbocycles. The van der Waals surface area contributed by atoms with E-state index in [9.17, 15) is 18.0 Å². The summed E-state index contributed by atoms with van der Waals surface area (Å²) >= 11 is 0. The maximum Gasteiger partial charge on any atom is 0.416 e. The third-order valence-corrected chi connectivity index (χ3v) is 4.55. The van der Waals surface area contributed by atoms with Crippen molar-refractivity contribution in [1.29, 1.82) is 0 Å². The van der Waals surface area contributed by atoms with E-state index in [1.807, 2.05) is 11.6 Å². The molecule has 0 spiro atoms. The highest BCUT2D eigenvalue weighted by Crippen LogP contribution is 2.50. The molecule has 0 unspecified atom stereocenters. The molecule has 3 rings (SSSR count). The average Bonchev–Trinajstić information content (AvgIpc) is 3.25. The van der Waals surface area contributed by atoms with E-state index < -0.39 is 17.2 Å². The normalized spacial score (nSPS) is 16.0. The molecule has 1 aromatic carbocycles. The van der Waals surface area contributed by atoms with E-state index in [4.69, 9.17) is 0 Å². The number of rotatable bonds is 4. The molecule has 0 radical (unpaired) electrons. The maximum atomic E-state index is 12.9. The molecule has 0 N–H and O–H groups in total. The summed E-state index contributed by atoms with van der Waals surface area (Å²) in [6.07, 6.45) is 0.158. The van der Waals surface area contributed by atoms with Crippen molar-refractivity contribution in [3.8, 4) is 0 Å². The van der Waals surface area contributed by atoms with E-state index in [0.717, 1.165) is 18.0 Å². The minimum Gasteiger partial charge on any atom is -0.338 e. The summed E-state index contributed by atoms with van der Waals surface area (Å²) in [7, 11) is 3.49. The van der Waals surface area contributed by atoms with Gasteiger partial charge >= 0.3 is 6.18 Å². The van der Waals surface area contributed by atoms with Crippen LogP contribution in [0, 0.1) is 0 Å². The van der Waals surface area contributed by atoms with Crippen molar-refractivity contribution in [3.63, 3.8) is 0 Å². The Morgan fingerprint density at radius 2 is 2.08 bits per heavy atom. The number of carbonyl (C=O) groups excluding carboxylic acids is 1. The number of benzene rings is 1. The fourth-order valence-corrected chi connectivity index (χ4v) is 2.94. The lowest BCUT2D eigenvalue weighted by molar-refractivity contribution is -0.138. The van der Waals surface area contributed by atoms with Crippen LogP contribution in [0.2, 0.25) is 0 Å². The van der Waals surface area contributed by atoms with Gasteiger partial charge in [-0.15, -0.1) is 0 Å². The molecule has 0 saturated heterocycles. The van der Waals surface area contributed by atoms with Crippen molar-refractivity contribution in [2.24, 2.45) is 7.05 Å². The third-order valence-electron chi connectivity index (χ3n) is 4.55. The summed E-state index contributed by atoms with van der Waals surface area (Å²) in [6, 6.07) is 5.10. The number of aromatic nitrogens is 2. The Morgan fingerprint density at radius 3 is 2.62 bits per heavy atom. The lowest BCUT2D eigenvalue weighted by Gasteiger charge is -2.24. The largest absolute Gasteiger partial charge is 0.416 e. The van der Waals surface area contributed by atoms with Crippen LogP contribution >= 0.6 is 0 Å². The molecule has 7 heteroatoms. The Bertz CT molecular complexity index is 762. The minimum absolute atomic E-state index is 0.162. The van der Waals surface area contributed by atoms with Crippen LogP contribution < -0.4 is 0 Å². The number of likely N-dealkylation sites (N-methyl/N-ethyl adjacent to an activating group) is 1. The first kappa shape index (κ1) is 16.5. The highest BCUT2D eigenvalue weighted by atomic mass is 19.4. The van der Waals surface area contributed by atoms with Gasteiger partial charge in [0.2, 0.25) is 5.91 Å². The third kappa shape index (κ3) is 2.90. The topological polar surface area (TPSA) is 38.1 Å². The fourth-order valence-electron chi connectivity index (χ4n) is 2.94. The van der Waals surface area contributed by atoms with Gasteiger partial charge in [-0.05, 0) is 24.5 Å². The summed E-state index contributed by atoms with van der Waals surface area (Å²) in [5.41, 5.74) is -1.11. The van der Waals surface area contributed by atoms with Crippen LogP contribution in [-0.4, -0.2) is 27.4 Å². The second kappa shape index (κ2) is 5.65. The van der Waals surface area contributed by atoms with Crippen molar-refractivity contribution in [2.45, 2.75) is 31.0 Å². The van der Waals surface area contributed by atoms with Crippen LogP contribution in [0.5, 0.6) is 0 Å². The van der Waals surface area contributed by atoms with Gasteiger partial charge < -0.3 is 9.47 Å². The van der Waals surface area contributed by atoms with E-state index in [1.54, 1.807) is 25.5 Å². The summed E-state index contributed by atoms with van der Waals surface area (Å²) in [6.45, 7) is 0.322. The molecule has 0 bridgehead atoms. The van der Waals surface area contributed by atoms with E-state index in [-0.39, 0.29) is 5.91 Å². The number of amides is 1. The SMILES string of the molecule is CN(Cc1nccn1C)C(=O)C1(c2cccc(C(F)(F)F)c2)CC1. The molecular formula is C17H18F3N3O. The van der Waals surface area contributed by atoms with Crippen LogP contribution in [0.4, 0.5) is 13.2 Å². The van der Waals surface area contributed by atoms with Crippen LogP contribution in [0.3, 0.4) is 0 Å². The van der Waals surface area contributed by atoms with E-state index in [0.29, 0.717) is 24.9 Å². The van der Waals surface area contributed by atoms with Crippen LogP contribution in [0.25, 0.3) is 0 Å². The van der Waals surface area contributed by atoms with Crippen LogP contribution in [0.15, 0.2) is 36.7 Å². The Hall–Kier alpha value is -2.31. The molecular weight excluding hydrogens is 319 g/mol. The Balaban J connectivity index is 1.83. The lowest BCUT2D eigenvalue weighted by Crippen LogP contribution is -2.36. The number of hydrogen-bond acceptors (Lipinski definition) is 2. The second-order valence-corrected chi connectivity index (χ2v) is 6.28. The van der Waals surface area contributed by atoms with Gasteiger partial charge in [-0.3, -0.25) is 4.79 Å². The van der Waals surface area contributed by atoms with Gasteiger partial charge in [-0.2, -0.15) is 13.2 Å². The molecule has 1 fully saturated rings. The molecule has 0 aliphatic heterocycles. The number of hydrogen-bond donors (Lipinski definition) is 0. The molecule has 0 atom stereocenters. The Kier molecular flexibility index (Phi) is 3.89. The van der Waals surface area contributed by atoms with Crippen molar-refractivity contribution in [1.82, 2.24) is 14.5 Å². The molecule has 1 saturated carbocycles. The Morgan fingerprint density at radius 1 is 1.38 bits per heavy atom. The standard InChI is InChI=1S/C17H18F3N3O/c1-22-9-8-21-14(22)11-23(2)15(24)16(6-7-16)12-4-3-5-13(10-12)17(18,19)20/h3-5,8-10H,6-7,11H2,1-2H3.